The number of hydrogen-bond donors (Lipinski definition) is 0. The Morgan fingerprint density at radius 3 is 2.34 bits per heavy atom. The summed E-state index contributed by atoms with van der Waals surface area (Å²) in [6.07, 6.45) is 11.4. The van der Waals surface area contributed by atoms with Gasteiger partial charge in [0.15, 0.2) is 0 Å². The third kappa shape index (κ3) is 3.37. The van der Waals surface area contributed by atoms with Gasteiger partial charge < -0.3 is 9.47 Å². The minimum absolute atomic E-state index is 0.0598. The highest BCUT2D eigenvalue weighted by Crippen LogP contribution is 2.66. The van der Waals surface area contributed by atoms with Gasteiger partial charge in [0.05, 0.1) is 0 Å². The molecule has 6 atom stereocenters. The molecular formula is C25H36O4. The van der Waals surface area contributed by atoms with Crippen LogP contribution in [0.3, 0.4) is 0 Å². The zero-order chi connectivity index (χ0) is 21.0. The van der Waals surface area contributed by atoms with Crippen molar-refractivity contribution < 1.29 is 19.1 Å². The molecule has 0 aromatic carbocycles. The van der Waals surface area contributed by atoms with Crippen LogP contribution >= 0.6 is 0 Å². The van der Waals surface area contributed by atoms with Crippen molar-refractivity contribution in [2.75, 3.05) is 0 Å². The van der Waals surface area contributed by atoms with E-state index in [1.54, 1.807) is 0 Å². The number of allylic oxidation sites excluding steroid dienone is 3. The molecule has 0 unspecified atom stereocenters. The Labute approximate surface area is 175 Å². The lowest BCUT2D eigenvalue weighted by Gasteiger charge is -2.57. The third-order valence-corrected chi connectivity index (χ3v) is 8.90. The molecule has 4 heteroatoms. The smallest absolute Gasteiger partial charge is 0.307 e. The van der Waals surface area contributed by atoms with E-state index in [9.17, 15) is 9.59 Å². The van der Waals surface area contributed by atoms with Crippen LogP contribution in [-0.4, -0.2) is 18.0 Å². The summed E-state index contributed by atoms with van der Waals surface area (Å²) in [6.45, 7) is 9.88. The first-order chi connectivity index (χ1) is 13.6. The van der Waals surface area contributed by atoms with Crippen molar-refractivity contribution in [3.05, 3.63) is 23.0 Å². The van der Waals surface area contributed by atoms with Crippen LogP contribution in [0.25, 0.3) is 0 Å². The molecule has 0 aliphatic heterocycles. The number of hydrogen-bond acceptors (Lipinski definition) is 4. The van der Waals surface area contributed by atoms with Gasteiger partial charge in [-0.15, -0.1) is 0 Å². The van der Waals surface area contributed by atoms with Gasteiger partial charge in [-0.2, -0.15) is 0 Å². The molecule has 4 nitrogen and oxygen atoms in total. The van der Waals surface area contributed by atoms with Gasteiger partial charge in [0.1, 0.15) is 11.9 Å². The lowest BCUT2D eigenvalue weighted by Crippen LogP contribution is -2.49. The number of carbonyl (C=O) groups excluding carboxylic acids is 2. The van der Waals surface area contributed by atoms with E-state index in [0.717, 1.165) is 37.9 Å². The van der Waals surface area contributed by atoms with Crippen LogP contribution in [-0.2, 0) is 19.1 Å². The Bertz CT molecular complexity index is 778. The fraction of sp³-hybridized carbons (Fsp3) is 0.760. The first-order valence-corrected chi connectivity index (χ1v) is 11.4. The number of rotatable bonds is 2. The van der Waals surface area contributed by atoms with Crippen LogP contribution in [0.1, 0.15) is 86.0 Å². The maximum Gasteiger partial charge on any atom is 0.307 e. The van der Waals surface area contributed by atoms with Crippen LogP contribution in [0.5, 0.6) is 0 Å². The van der Waals surface area contributed by atoms with Crippen molar-refractivity contribution in [1.82, 2.24) is 0 Å². The maximum absolute atomic E-state index is 11.5. The summed E-state index contributed by atoms with van der Waals surface area (Å²) in [5.41, 5.74) is 3.33. The van der Waals surface area contributed by atoms with Crippen LogP contribution in [0.4, 0.5) is 0 Å². The fourth-order valence-corrected chi connectivity index (χ4v) is 7.63. The number of fused-ring (bicyclic) bond motifs is 5. The Morgan fingerprint density at radius 1 is 0.966 bits per heavy atom. The van der Waals surface area contributed by atoms with Crippen molar-refractivity contribution in [3.63, 3.8) is 0 Å². The van der Waals surface area contributed by atoms with E-state index in [4.69, 9.17) is 9.47 Å². The van der Waals surface area contributed by atoms with Crippen molar-refractivity contribution in [3.8, 4) is 0 Å². The Hall–Kier alpha value is -1.58. The second kappa shape index (κ2) is 7.28. The SMILES string of the molecule is CC(=O)OC(C)=C1CC[C@H]2[C@@H]3CC=C4C[C@@H](OC(C)=O)CC[C@]4(C)[C@H]3CC[C@]12C. The minimum atomic E-state index is -0.210. The van der Waals surface area contributed by atoms with Crippen molar-refractivity contribution in [1.29, 1.82) is 0 Å². The van der Waals surface area contributed by atoms with Crippen LogP contribution < -0.4 is 0 Å². The quantitative estimate of drug-likeness (QED) is 0.338. The van der Waals surface area contributed by atoms with E-state index < -0.39 is 0 Å². The summed E-state index contributed by atoms with van der Waals surface area (Å²) in [5, 5.41) is 0. The van der Waals surface area contributed by atoms with E-state index in [1.165, 1.54) is 44.3 Å². The molecule has 0 saturated heterocycles. The molecule has 0 aromatic heterocycles. The van der Waals surface area contributed by atoms with Crippen LogP contribution in [0.15, 0.2) is 23.0 Å². The number of ether oxygens (including phenoxy) is 2. The lowest BCUT2D eigenvalue weighted by molar-refractivity contribution is -0.148. The minimum Gasteiger partial charge on any atom is -0.462 e. The average Bonchev–Trinajstić information content (AvgIpc) is 2.98. The first kappa shape index (κ1) is 20.7. The predicted molar refractivity (Wildman–Crippen MR) is 112 cm³/mol. The molecule has 160 valence electrons. The van der Waals surface area contributed by atoms with E-state index in [1.807, 2.05) is 6.92 Å². The lowest BCUT2D eigenvalue weighted by atomic mass is 9.48. The molecule has 0 bridgehead atoms. The van der Waals surface area contributed by atoms with Crippen LogP contribution in [0, 0.1) is 28.6 Å². The maximum atomic E-state index is 11.5. The topological polar surface area (TPSA) is 52.6 Å². The Kier molecular flexibility index (Phi) is 5.19. The van der Waals surface area contributed by atoms with Crippen molar-refractivity contribution >= 4 is 11.9 Å². The number of carbonyl (C=O) groups is 2. The zero-order valence-corrected chi connectivity index (χ0v) is 18.7. The third-order valence-electron chi connectivity index (χ3n) is 8.90. The normalized spacial score (nSPS) is 42.7. The highest BCUT2D eigenvalue weighted by molar-refractivity contribution is 5.67. The molecule has 3 fully saturated rings. The summed E-state index contributed by atoms with van der Waals surface area (Å²) < 4.78 is 11.1. The summed E-state index contributed by atoms with van der Waals surface area (Å²) in [4.78, 5) is 22.9. The van der Waals surface area contributed by atoms with Gasteiger partial charge in [0.2, 0.25) is 0 Å². The van der Waals surface area contributed by atoms with Crippen LogP contribution in [0.2, 0.25) is 0 Å². The molecule has 0 N–H and O–H groups in total. The van der Waals surface area contributed by atoms with E-state index in [2.05, 4.69) is 19.9 Å². The summed E-state index contributed by atoms with van der Waals surface area (Å²) >= 11 is 0. The van der Waals surface area contributed by atoms with Gasteiger partial charge in [-0.1, -0.05) is 25.5 Å². The van der Waals surface area contributed by atoms with Crippen molar-refractivity contribution in [2.45, 2.75) is 92.1 Å². The zero-order valence-electron chi connectivity index (χ0n) is 18.7. The largest absolute Gasteiger partial charge is 0.462 e. The molecule has 0 amide bonds. The summed E-state index contributed by atoms with van der Waals surface area (Å²) in [5.74, 6) is 2.57. The molecular weight excluding hydrogens is 364 g/mol. The molecule has 0 radical (unpaired) electrons. The summed E-state index contributed by atoms with van der Waals surface area (Å²) in [6, 6.07) is 0. The fourth-order valence-electron chi connectivity index (χ4n) is 7.63. The Balaban J connectivity index is 1.59. The molecule has 0 spiro atoms. The van der Waals surface area contributed by atoms with Gasteiger partial charge in [0.25, 0.3) is 0 Å². The second-order valence-electron chi connectivity index (χ2n) is 10.4. The second-order valence-corrected chi connectivity index (χ2v) is 10.4. The van der Waals surface area contributed by atoms with Gasteiger partial charge >= 0.3 is 11.9 Å². The monoisotopic (exact) mass is 400 g/mol. The molecule has 0 aromatic rings. The van der Waals surface area contributed by atoms with E-state index in [-0.39, 0.29) is 28.9 Å². The molecule has 0 heterocycles. The predicted octanol–water partition coefficient (Wildman–Crippen LogP) is 5.72. The first-order valence-electron chi connectivity index (χ1n) is 11.4. The summed E-state index contributed by atoms with van der Waals surface area (Å²) in [7, 11) is 0. The molecule has 3 saturated carbocycles. The standard InChI is InChI=1S/C25H36O4/c1-15(28-16(2)26)21-8-9-22-20-7-6-18-14-19(29-17(3)27)10-12-24(18,4)23(20)11-13-25(21,22)5/h6,19-20,22-23H,7-14H2,1-5H3/t19-,20-,22-,23-,24-,25+/m0/s1. The molecule has 4 rings (SSSR count). The molecule has 4 aliphatic carbocycles. The van der Waals surface area contributed by atoms with Gasteiger partial charge in [-0.05, 0) is 86.0 Å². The van der Waals surface area contributed by atoms with Crippen molar-refractivity contribution in [2.24, 2.45) is 28.6 Å². The highest BCUT2D eigenvalue weighted by Gasteiger charge is 2.57. The van der Waals surface area contributed by atoms with Gasteiger partial charge in [-0.25, -0.2) is 0 Å². The molecule has 29 heavy (non-hydrogen) atoms. The van der Waals surface area contributed by atoms with E-state index >= 15 is 0 Å². The van der Waals surface area contributed by atoms with E-state index in [0.29, 0.717) is 17.8 Å². The average molecular weight is 401 g/mol. The van der Waals surface area contributed by atoms with Gasteiger partial charge in [-0.3, -0.25) is 9.59 Å². The number of esters is 2. The highest BCUT2D eigenvalue weighted by atomic mass is 16.5. The molecule has 4 aliphatic rings. The van der Waals surface area contributed by atoms with Gasteiger partial charge in [0, 0.05) is 20.3 Å². The Morgan fingerprint density at radius 2 is 1.66 bits per heavy atom.